The molecule has 146 valence electrons. The number of carbonyl (C=O) groups excluding carboxylic acids is 1. The SMILES string of the molecule is CCOP(C)(=O)c1ccc([C@@H]2C[C@H](C)CCN2C(=O)OC(C)(C)C)cc1. The van der Waals surface area contributed by atoms with Crippen LogP contribution in [0.2, 0.25) is 0 Å². The molecule has 1 aliphatic heterocycles. The van der Waals surface area contributed by atoms with E-state index in [9.17, 15) is 9.36 Å². The lowest BCUT2D eigenvalue weighted by Crippen LogP contribution is -2.43. The Kier molecular flexibility index (Phi) is 6.57. The van der Waals surface area contributed by atoms with Gasteiger partial charge in [-0.25, -0.2) is 4.79 Å². The summed E-state index contributed by atoms with van der Waals surface area (Å²) in [5.74, 6) is 0.541. The maximum Gasteiger partial charge on any atom is 0.410 e. The Labute approximate surface area is 157 Å². The fraction of sp³-hybridized carbons (Fsp3) is 0.650. The fourth-order valence-corrected chi connectivity index (χ4v) is 4.62. The van der Waals surface area contributed by atoms with E-state index in [1.54, 1.807) is 6.66 Å². The molecule has 1 aromatic carbocycles. The molecular formula is C20H32NO4P. The number of ether oxygens (including phenoxy) is 1. The molecule has 3 atom stereocenters. The second-order valence-electron chi connectivity index (χ2n) is 8.17. The molecule has 1 amide bonds. The normalized spacial score (nSPS) is 23.4. The molecule has 1 unspecified atom stereocenters. The van der Waals surface area contributed by atoms with Gasteiger partial charge in [0, 0.05) is 18.5 Å². The van der Waals surface area contributed by atoms with Crippen LogP contribution >= 0.6 is 7.37 Å². The van der Waals surface area contributed by atoms with Gasteiger partial charge >= 0.3 is 6.09 Å². The summed E-state index contributed by atoms with van der Waals surface area (Å²) in [4.78, 5) is 14.5. The average molecular weight is 381 g/mol. The van der Waals surface area contributed by atoms with Gasteiger partial charge in [0.25, 0.3) is 0 Å². The molecular weight excluding hydrogens is 349 g/mol. The molecule has 1 aromatic rings. The first-order valence-corrected chi connectivity index (χ1v) is 11.4. The summed E-state index contributed by atoms with van der Waals surface area (Å²) in [6.45, 7) is 12.4. The largest absolute Gasteiger partial charge is 0.444 e. The van der Waals surface area contributed by atoms with Crippen LogP contribution in [0, 0.1) is 5.92 Å². The summed E-state index contributed by atoms with van der Waals surface area (Å²) >= 11 is 0. The Hall–Kier alpha value is -1.32. The molecule has 0 aliphatic carbocycles. The second-order valence-corrected chi connectivity index (χ2v) is 10.6. The second kappa shape index (κ2) is 8.14. The molecule has 0 spiro atoms. The van der Waals surface area contributed by atoms with Crippen molar-refractivity contribution in [3.05, 3.63) is 29.8 Å². The van der Waals surface area contributed by atoms with Crippen molar-refractivity contribution in [2.75, 3.05) is 19.8 Å². The molecule has 5 nitrogen and oxygen atoms in total. The van der Waals surface area contributed by atoms with E-state index >= 15 is 0 Å². The number of piperidine rings is 1. The summed E-state index contributed by atoms with van der Waals surface area (Å²) in [6, 6.07) is 7.62. The Balaban J connectivity index is 2.24. The Morgan fingerprint density at radius 2 is 1.88 bits per heavy atom. The van der Waals surface area contributed by atoms with Crippen LogP contribution in [0.25, 0.3) is 0 Å². The quantitative estimate of drug-likeness (QED) is 0.692. The van der Waals surface area contributed by atoms with Gasteiger partial charge < -0.3 is 14.2 Å². The van der Waals surface area contributed by atoms with Crippen molar-refractivity contribution >= 4 is 18.8 Å². The van der Waals surface area contributed by atoms with Gasteiger partial charge in [0.2, 0.25) is 7.37 Å². The molecule has 26 heavy (non-hydrogen) atoms. The van der Waals surface area contributed by atoms with E-state index < -0.39 is 13.0 Å². The van der Waals surface area contributed by atoms with Crippen LogP contribution in [0.15, 0.2) is 24.3 Å². The highest BCUT2D eigenvalue weighted by molar-refractivity contribution is 7.66. The van der Waals surface area contributed by atoms with E-state index in [4.69, 9.17) is 9.26 Å². The topological polar surface area (TPSA) is 55.8 Å². The highest BCUT2D eigenvalue weighted by atomic mass is 31.2. The van der Waals surface area contributed by atoms with Gasteiger partial charge in [-0.2, -0.15) is 0 Å². The zero-order valence-electron chi connectivity index (χ0n) is 16.8. The molecule has 0 N–H and O–H groups in total. The summed E-state index contributed by atoms with van der Waals surface area (Å²) < 4.78 is 23.6. The molecule has 0 saturated carbocycles. The number of benzene rings is 1. The predicted molar refractivity (Wildman–Crippen MR) is 105 cm³/mol. The van der Waals surface area contributed by atoms with E-state index in [1.807, 2.05) is 56.9 Å². The Bertz CT molecular complexity index is 665. The van der Waals surface area contributed by atoms with Gasteiger partial charge in [-0.3, -0.25) is 4.57 Å². The smallest absolute Gasteiger partial charge is 0.410 e. The van der Waals surface area contributed by atoms with E-state index in [0.717, 1.165) is 18.4 Å². The lowest BCUT2D eigenvalue weighted by molar-refractivity contribution is 0.00512. The van der Waals surface area contributed by atoms with Crippen molar-refractivity contribution in [2.45, 2.75) is 59.1 Å². The maximum absolute atomic E-state index is 12.7. The molecule has 6 heteroatoms. The molecule has 0 bridgehead atoms. The highest BCUT2D eigenvalue weighted by Gasteiger charge is 2.34. The molecule has 0 radical (unpaired) electrons. The highest BCUT2D eigenvalue weighted by Crippen LogP contribution is 2.42. The van der Waals surface area contributed by atoms with Gasteiger partial charge in [0.15, 0.2) is 0 Å². The van der Waals surface area contributed by atoms with E-state index in [1.165, 1.54) is 0 Å². The number of hydrogen-bond acceptors (Lipinski definition) is 4. The fourth-order valence-electron chi connectivity index (χ4n) is 3.28. The summed E-state index contributed by atoms with van der Waals surface area (Å²) in [7, 11) is -2.78. The zero-order valence-corrected chi connectivity index (χ0v) is 17.7. The summed E-state index contributed by atoms with van der Waals surface area (Å²) in [6.07, 6.45) is 1.60. The molecule has 1 saturated heterocycles. The third-order valence-electron chi connectivity index (χ3n) is 4.61. The van der Waals surface area contributed by atoms with Crippen LogP contribution in [0.4, 0.5) is 4.79 Å². The number of carbonyl (C=O) groups is 1. The van der Waals surface area contributed by atoms with Crippen LogP contribution < -0.4 is 5.30 Å². The van der Waals surface area contributed by atoms with E-state index in [2.05, 4.69) is 6.92 Å². The molecule has 0 aromatic heterocycles. The molecule has 1 heterocycles. The van der Waals surface area contributed by atoms with Gasteiger partial charge in [0.05, 0.1) is 12.6 Å². The third kappa shape index (κ3) is 5.34. The Morgan fingerprint density at radius 1 is 1.27 bits per heavy atom. The minimum absolute atomic E-state index is 0.0222. The summed E-state index contributed by atoms with van der Waals surface area (Å²) in [5, 5.41) is 0.704. The Morgan fingerprint density at radius 3 is 2.42 bits per heavy atom. The van der Waals surface area contributed by atoms with Gasteiger partial charge in [-0.15, -0.1) is 0 Å². The van der Waals surface area contributed by atoms with Crippen LogP contribution in [-0.2, 0) is 13.8 Å². The molecule has 2 rings (SSSR count). The number of nitrogens with zero attached hydrogens (tertiary/aromatic N) is 1. The number of hydrogen-bond donors (Lipinski definition) is 0. The van der Waals surface area contributed by atoms with Crippen molar-refractivity contribution in [3.8, 4) is 0 Å². The van der Waals surface area contributed by atoms with E-state index in [-0.39, 0.29) is 12.1 Å². The van der Waals surface area contributed by atoms with Crippen molar-refractivity contribution in [1.29, 1.82) is 0 Å². The van der Waals surface area contributed by atoms with Gasteiger partial charge in [-0.05, 0) is 64.2 Å². The maximum atomic E-state index is 12.7. The summed E-state index contributed by atoms with van der Waals surface area (Å²) in [5.41, 5.74) is 0.531. The number of likely N-dealkylation sites (tertiary alicyclic amines) is 1. The van der Waals surface area contributed by atoms with E-state index in [0.29, 0.717) is 24.4 Å². The van der Waals surface area contributed by atoms with Crippen LogP contribution in [0.1, 0.15) is 59.1 Å². The lowest BCUT2D eigenvalue weighted by Gasteiger charge is -2.39. The van der Waals surface area contributed by atoms with Crippen LogP contribution in [0.5, 0.6) is 0 Å². The van der Waals surface area contributed by atoms with Crippen molar-refractivity contribution in [3.63, 3.8) is 0 Å². The zero-order chi connectivity index (χ0) is 19.5. The third-order valence-corrected chi connectivity index (χ3v) is 6.60. The molecule has 1 aliphatic rings. The van der Waals surface area contributed by atoms with Crippen LogP contribution in [-0.4, -0.2) is 36.4 Å². The van der Waals surface area contributed by atoms with Crippen LogP contribution in [0.3, 0.4) is 0 Å². The first-order chi connectivity index (χ1) is 12.0. The predicted octanol–water partition coefficient (Wildman–Crippen LogP) is 4.96. The first kappa shape index (κ1) is 21.0. The minimum atomic E-state index is -2.78. The van der Waals surface area contributed by atoms with Crippen molar-refractivity contribution < 1.29 is 18.6 Å². The number of amides is 1. The first-order valence-electron chi connectivity index (χ1n) is 9.35. The molecule has 1 fully saturated rings. The van der Waals surface area contributed by atoms with Gasteiger partial charge in [-0.1, -0.05) is 19.1 Å². The van der Waals surface area contributed by atoms with Gasteiger partial charge in [0.1, 0.15) is 5.60 Å². The van der Waals surface area contributed by atoms with Crippen molar-refractivity contribution in [1.82, 2.24) is 4.90 Å². The lowest BCUT2D eigenvalue weighted by atomic mass is 9.88. The number of rotatable bonds is 4. The average Bonchev–Trinajstić information content (AvgIpc) is 2.53. The minimum Gasteiger partial charge on any atom is -0.444 e. The van der Waals surface area contributed by atoms with Crippen molar-refractivity contribution in [2.24, 2.45) is 5.92 Å². The standard InChI is InChI=1S/C20H32NO4P/c1-7-24-26(6,23)17-10-8-16(9-11-17)18-14-15(2)12-13-21(18)19(22)25-20(3,4)5/h8-11,15,18H,7,12-14H2,1-6H3/t15-,18+,26?/m1/s1. The monoisotopic (exact) mass is 381 g/mol.